The Bertz CT molecular complexity index is 514. The van der Waals surface area contributed by atoms with Gasteiger partial charge in [-0.2, -0.15) is 5.10 Å². The summed E-state index contributed by atoms with van der Waals surface area (Å²) in [6, 6.07) is 8.37. The van der Waals surface area contributed by atoms with Crippen LogP contribution in [0.25, 0.3) is 5.69 Å². The van der Waals surface area contributed by atoms with Crippen LogP contribution in [-0.4, -0.2) is 16.3 Å². The van der Waals surface area contributed by atoms with Crippen LogP contribution in [0.2, 0.25) is 0 Å². The number of benzene rings is 1. The molecule has 3 nitrogen and oxygen atoms in total. The lowest BCUT2D eigenvalue weighted by Crippen LogP contribution is -2.14. The maximum atomic E-state index is 4.48. The van der Waals surface area contributed by atoms with Crippen molar-refractivity contribution in [2.24, 2.45) is 0 Å². The SMILES string of the molecule is Cc1ccccc1-n1ncc2c1CCCN2. The van der Waals surface area contributed by atoms with Gasteiger partial charge in [0.1, 0.15) is 0 Å². The molecule has 16 heavy (non-hydrogen) atoms. The van der Waals surface area contributed by atoms with Crippen molar-refractivity contribution in [2.45, 2.75) is 19.8 Å². The average molecular weight is 213 g/mol. The van der Waals surface area contributed by atoms with Crippen LogP contribution in [0, 0.1) is 6.92 Å². The molecule has 3 heteroatoms. The third-order valence-electron chi connectivity index (χ3n) is 3.12. The molecule has 1 aliphatic rings. The molecule has 0 atom stereocenters. The number of nitrogens with one attached hydrogen (secondary N) is 1. The maximum Gasteiger partial charge on any atom is 0.0763 e. The molecule has 0 aliphatic carbocycles. The van der Waals surface area contributed by atoms with Gasteiger partial charge in [0.15, 0.2) is 0 Å². The minimum Gasteiger partial charge on any atom is -0.382 e. The van der Waals surface area contributed by atoms with Gasteiger partial charge < -0.3 is 5.32 Å². The molecular formula is C13H15N3. The highest BCUT2D eigenvalue weighted by molar-refractivity contribution is 5.53. The second-order valence-corrected chi connectivity index (χ2v) is 4.23. The highest BCUT2D eigenvalue weighted by Crippen LogP contribution is 2.25. The first-order chi connectivity index (χ1) is 7.86. The van der Waals surface area contributed by atoms with E-state index in [1.807, 2.05) is 6.20 Å². The Morgan fingerprint density at radius 3 is 3.06 bits per heavy atom. The molecule has 1 N–H and O–H groups in total. The van der Waals surface area contributed by atoms with E-state index < -0.39 is 0 Å². The highest BCUT2D eigenvalue weighted by Gasteiger charge is 2.15. The summed E-state index contributed by atoms with van der Waals surface area (Å²) in [6.45, 7) is 3.19. The van der Waals surface area contributed by atoms with Gasteiger partial charge in [0.25, 0.3) is 0 Å². The Morgan fingerprint density at radius 2 is 2.19 bits per heavy atom. The summed E-state index contributed by atoms with van der Waals surface area (Å²) < 4.78 is 2.07. The van der Waals surface area contributed by atoms with E-state index in [0.717, 1.165) is 13.0 Å². The molecule has 0 fully saturated rings. The molecule has 0 saturated heterocycles. The molecule has 82 valence electrons. The average Bonchev–Trinajstić information content (AvgIpc) is 2.74. The van der Waals surface area contributed by atoms with E-state index in [2.05, 4.69) is 46.3 Å². The van der Waals surface area contributed by atoms with Crippen molar-refractivity contribution in [3.05, 3.63) is 41.7 Å². The van der Waals surface area contributed by atoms with Crippen molar-refractivity contribution < 1.29 is 0 Å². The predicted molar refractivity (Wildman–Crippen MR) is 65.1 cm³/mol. The molecule has 1 aromatic carbocycles. The third kappa shape index (κ3) is 1.40. The largest absolute Gasteiger partial charge is 0.382 e. The molecule has 0 bridgehead atoms. The lowest BCUT2D eigenvalue weighted by Gasteiger charge is -2.16. The van der Waals surface area contributed by atoms with E-state index in [9.17, 15) is 0 Å². The first-order valence-electron chi connectivity index (χ1n) is 5.73. The molecule has 2 aromatic rings. The van der Waals surface area contributed by atoms with Crippen LogP contribution in [0.1, 0.15) is 17.7 Å². The lowest BCUT2D eigenvalue weighted by atomic mass is 10.1. The summed E-state index contributed by atoms with van der Waals surface area (Å²) >= 11 is 0. The minimum atomic E-state index is 1.06. The molecule has 0 spiro atoms. The van der Waals surface area contributed by atoms with Gasteiger partial charge in [-0.3, -0.25) is 0 Å². The quantitative estimate of drug-likeness (QED) is 0.789. The zero-order chi connectivity index (χ0) is 11.0. The second-order valence-electron chi connectivity index (χ2n) is 4.23. The van der Waals surface area contributed by atoms with Crippen LogP contribution in [-0.2, 0) is 6.42 Å². The molecule has 1 aliphatic heterocycles. The first-order valence-corrected chi connectivity index (χ1v) is 5.73. The molecule has 2 heterocycles. The fourth-order valence-electron chi connectivity index (χ4n) is 2.25. The summed E-state index contributed by atoms with van der Waals surface area (Å²) in [7, 11) is 0. The molecule has 3 rings (SSSR count). The first kappa shape index (κ1) is 9.46. The van der Waals surface area contributed by atoms with Gasteiger partial charge in [-0.25, -0.2) is 4.68 Å². The number of aromatic nitrogens is 2. The fraction of sp³-hybridized carbons (Fsp3) is 0.308. The van der Waals surface area contributed by atoms with Gasteiger partial charge in [0.2, 0.25) is 0 Å². The van der Waals surface area contributed by atoms with Crippen LogP contribution in [0.4, 0.5) is 5.69 Å². The summed E-state index contributed by atoms with van der Waals surface area (Å²) in [5.74, 6) is 0. The van der Waals surface area contributed by atoms with E-state index in [4.69, 9.17) is 0 Å². The summed E-state index contributed by atoms with van der Waals surface area (Å²) in [4.78, 5) is 0. The van der Waals surface area contributed by atoms with Gasteiger partial charge in [-0.1, -0.05) is 18.2 Å². The van der Waals surface area contributed by atoms with Gasteiger partial charge >= 0.3 is 0 Å². The molecule has 0 unspecified atom stereocenters. The molecular weight excluding hydrogens is 198 g/mol. The summed E-state index contributed by atoms with van der Waals surface area (Å²) in [5, 5.41) is 7.87. The number of rotatable bonds is 1. The van der Waals surface area contributed by atoms with Crippen molar-refractivity contribution in [1.82, 2.24) is 9.78 Å². The van der Waals surface area contributed by atoms with Crippen molar-refractivity contribution in [2.75, 3.05) is 11.9 Å². The fourth-order valence-corrected chi connectivity index (χ4v) is 2.25. The number of hydrogen-bond donors (Lipinski definition) is 1. The molecule has 0 amide bonds. The topological polar surface area (TPSA) is 29.9 Å². The maximum absolute atomic E-state index is 4.48. The number of para-hydroxylation sites is 1. The molecule has 0 radical (unpaired) electrons. The number of hydrogen-bond acceptors (Lipinski definition) is 2. The van der Waals surface area contributed by atoms with Crippen LogP contribution in [0.3, 0.4) is 0 Å². The van der Waals surface area contributed by atoms with Crippen molar-refractivity contribution in [3.63, 3.8) is 0 Å². The molecule has 0 saturated carbocycles. The van der Waals surface area contributed by atoms with Gasteiger partial charge in [-0.15, -0.1) is 0 Å². The van der Waals surface area contributed by atoms with Gasteiger partial charge in [0.05, 0.1) is 23.3 Å². The Kier molecular flexibility index (Phi) is 2.17. The van der Waals surface area contributed by atoms with Crippen molar-refractivity contribution in [3.8, 4) is 5.69 Å². The monoisotopic (exact) mass is 213 g/mol. The standard InChI is InChI=1S/C13H15N3/c1-10-5-2-3-6-12(10)16-13-7-4-8-14-11(13)9-15-16/h2-3,5-6,9,14H,4,7-8H2,1H3. The zero-order valence-corrected chi connectivity index (χ0v) is 9.40. The van der Waals surface area contributed by atoms with E-state index in [-0.39, 0.29) is 0 Å². The number of nitrogens with zero attached hydrogens (tertiary/aromatic N) is 2. The Balaban J connectivity index is 2.13. The summed E-state index contributed by atoms with van der Waals surface area (Å²) in [5.41, 5.74) is 4.95. The van der Waals surface area contributed by atoms with Crippen molar-refractivity contribution >= 4 is 5.69 Å². The lowest BCUT2D eigenvalue weighted by molar-refractivity contribution is 0.741. The predicted octanol–water partition coefficient (Wildman–Crippen LogP) is 2.54. The van der Waals surface area contributed by atoms with Crippen LogP contribution in [0.15, 0.2) is 30.5 Å². The summed E-state index contributed by atoms with van der Waals surface area (Å²) in [6.07, 6.45) is 4.22. The van der Waals surface area contributed by atoms with Crippen molar-refractivity contribution in [1.29, 1.82) is 0 Å². The van der Waals surface area contributed by atoms with E-state index in [1.54, 1.807) is 0 Å². The Hall–Kier alpha value is -1.77. The van der Waals surface area contributed by atoms with Gasteiger partial charge in [0, 0.05) is 6.54 Å². The number of fused-ring (bicyclic) bond motifs is 1. The van der Waals surface area contributed by atoms with Crippen LogP contribution >= 0.6 is 0 Å². The third-order valence-corrected chi connectivity index (χ3v) is 3.12. The van der Waals surface area contributed by atoms with E-state index in [0.29, 0.717) is 0 Å². The number of anilines is 1. The Morgan fingerprint density at radius 1 is 1.31 bits per heavy atom. The normalized spacial score (nSPS) is 14.3. The number of aryl methyl sites for hydroxylation is 1. The van der Waals surface area contributed by atoms with E-state index in [1.165, 1.54) is 29.1 Å². The minimum absolute atomic E-state index is 1.06. The Labute approximate surface area is 95.1 Å². The molecule has 1 aromatic heterocycles. The zero-order valence-electron chi connectivity index (χ0n) is 9.40. The van der Waals surface area contributed by atoms with E-state index >= 15 is 0 Å². The second kappa shape index (κ2) is 3.67. The van der Waals surface area contributed by atoms with Crippen LogP contribution in [0.5, 0.6) is 0 Å². The highest BCUT2D eigenvalue weighted by atomic mass is 15.3. The van der Waals surface area contributed by atoms with Gasteiger partial charge in [-0.05, 0) is 31.4 Å². The smallest absolute Gasteiger partial charge is 0.0763 e. The van der Waals surface area contributed by atoms with Crippen LogP contribution < -0.4 is 5.32 Å².